The van der Waals surface area contributed by atoms with Crippen LogP contribution < -0.4 is 9.47 Å². The molecule has 1 unspecified atom stereocenters. The Balaban J connectivity index is 1.99. The standard InChI is InChI=1S/C14H11Br2ClO3/c15-13-3-2-10(20-13)14(16)8-6-11-12(7-9(8)17)19-5-1-4-18-11/h2-3,6-7,14H,1,4-5H2. The summed E-state index contributed by atoms with van der Waals surface area (Å²) >= 11 is 13.3. The zero-order chi connectivity index (χ0) is 14.1. The predicted molar refractivity (Wildman–Crippen MR) is 84.2 cm³/mol. The number of benzene rings is 1. The first-order valence-corrected chi connectivity index (χ1v) is 8.22. The van der Waals surface area contributed by atoms with Crippen LogP contribution in [0.1, 0.15) is 22.6 Å². The Morgan fingerprint density at radius 3 is 2.45 bits per heavy atom. The van der Waals surface area contributed by atoms with Crippen molar-refractivity contribution in [3.8, 4) is 11.5 Å². The van der Waals surface area contributed by atoms with E-state index in [0.29, 0.717) is 28.7 Å². The summed E-state index contributed by atoms with van der Waals surface area (Å²) in [5.41, 5.74) is 0.887. The van der Waals surface area contributed by atoms with Crippen LogP contribution in [0.25, 0.3) is 0 Å². The second-order valence-electron chi connectivity index (χ2n) is 4.38. The van der Waals surface area contributed by atoms with Gasteiger partial charge in [0.05, 0.1) is 18.0 Å². The summed E-state index contributed by atoms with van der Waals surface area (Å²) in [7, 11) is 0. The van der Waals surface area contributed by atoms with Crippen LogP contribution in [0.5, 0.6) is 11.5 Å². The highest BCUT2D eigenvalue weighted by Crippen LogP contribution is 2.42. The Morgan fingerprint density at radius 1 is 1.10 bits per heavy atom. The third-order valence-electron chi connectivity index (χ3n) is 2.98. The van der Waals surface area contributed by atoms with Gasteiger partial charge in [0.2, 0.25) is 0 Å². The average molecular weight is 423 g/mol. The predicted octanol–water partition coefficient (Wildman–Crippen LogP) is 5.34. The second kappa shape index (κ2) is 6.00. The first kappa shape index (κ1) is 14.3. The van der Waals surface area contributed by atoms with Crippen LogP contribution in [0.4, 0.5) is 0 Å². The van der Waals surface area contributed by atoms with E-state index < -0.39 is 0 Å². The van der Waals surface area contributed by atoms with Crippen molar-refractivity contribution >= 4 is 43.5 Å². The summed E-state index contributed by atoms with van der Waals surface area (Å²) in [6.07, 6.45) is 0.866. The first-order chi connectivity index (χ1) is 9.65. The van der Waals surface area contributed by atoms with Crippen molar-refractivity contribution in [1.82, 2.24) is 0 Å². The second-order valence-corrected chi connectivity index (χ2v) is 6.48. The van der Waals surface area contributed by atoms with Crippen LogP contribution in [-0.4, -0.2) is 13.2 Å². The SMILES string of the molecule is Clc1cc2c(cc1C(Br)c1ccc(Br)o1)OCCCO2. The maximum absolute atomic E-state index is 6.35. The monoisotopic (exact) mass is 420 g/mol. The molecular weight excluding hydrogens is 411 g/mol. The smallest absolute Gasteiger partial charge is 0.169 e. The van der Waals surface area contributed by atoms with Crippen molar-refractivity contribution < 1.29 is 13.9 Å². The molecule has 0 radical (unpaired) electrons. The van der Waals surface area contributed by atoms with Gasteiger partial charge in [-0.2, -0.15) is 0 Å². The van der Waals surface area contributed by atoms with E-state index in [4.69, 9.17) is 25.5 Å². The van der Waals surface area contributed by atoms with Gasteiger partial charge in [0, 0.05) is 17.5 Å². The van der Waals surface area contributed by atoms with Crippen molar-refractivity contribution in [2.75, 3.05) is 13.2 Å². The zero-order valence-electron chi connectivity index (χ0n) is 10.4. The highest BCUT2D eigenvalue weighted by Gasteiger charge is 2.21. The minimum absolute atomic E-state index is 0.140. The number of furan rings is 1. The van der Waals surface area contributed by atoms with Crippen LogP contribution in [0.2, 0.25) is 5.02 Å². The molecule has 20 heavy (non-hydrogen) atoms. The molecule has 3 rings (SSSR count). The fourth-order valence-corrected chi connectivity index (χ4v) is 3.35. The van der Waals surface area contributed by atoms with Crippen molar-refractivity contribution in [1.29, 1.82) is 0 Å². The van der Waals surface area contributed by atoms with Gasteiger partial charge in [-0.25, -0.2) is 0 Å². The first-order valence-electron chi connectivity index (χ1n) is 6.13. The molecule has 2 heterocycles. The van der Waals surface area contributed by atoms with Gasteiger partial charge in [-0.1, -0.05) is 27.5 Å². The van der Waals surface area contributed by atoms with Gasteiger partial charge < -0.3 is 13.9 Å². The maximum atomic E-state index is 6.35. The van der Waals surface area contributed by atoms with E-state index in [9.17, 15) is 0 Å². The number of rotatable bonds is 2. The molecule has 0 N–H and O–H groups in total. The summed E-state index contributed by atoms with van der Waals surface area (Å²) in [6.45, 7) is 1.29. The molecule has 0 saturated carbocycles. The molecule has 1 aromatic carbocycles. The van der Waals surface area contributed by atoms with E-state index >= 15 is 0 Å². The molecule has 0 amide bonds. The van der Waals surface area contributed by atoms with Gasteiger partial charge in [0.25, 0.3) is 0 Å². The molecule has 6 heteroatoms. The summed E-state index contributed by atoms with van der Waals surface area (Å²) in [5.74, 6) is 2.18. The van der Waals surface area contributed by atoms with Crippen LogP contribution in [0, 0.1) is 0 Å². The summed E-state index contributed by atoms with van der Waals surface area (Å²) in [4.78, 5) is -0.140. The molecule has 0 spiro atoms. The normalized spacial score (nSPS) is 15.8. The van der Waals surface area contributed by atoms with Crippen molar-refractivity contribution in [3.05, 3.63) is 45.3 Å². The lowest BCUT2D eigenvalue weighted by atomic mass is 10.1. The third-order valence-corrected chi connectivity index (χ3v) is 4.68. The molecular formula is C14H11Br2ClO3. The molecule has 1 aliphatic rings. The average Bonchev–Trinajstić information content (AvgIpc) is 2.73. The van der Waals surface area contributed by atoms with Gasteiger partial charge in [0.15, 0.2) is 16.2 Å². The van der Waals surface area contributed by atoms with Gasteiger partial charge in [0.1, 0.15) is 5.76 Å². The maximum Gasteiger partial charge on any atom is 0.169 e. The largest absolute Gasteiger partial charge is 0.490 e. The van der Waals surface area contributed by atoms with E-state index in [1.165, 1.54) is 0 Å². The molecule has 1 aromatic heterocycles. The van der Waals surface area contributed by atoms with E-state index in [2.05, 4.69) is 31.9 Å². The Morgan fingerprint density at radius 2 is 1.80 bits per heavy atom. The van der Waals surface area contributed by atoms with Gasteiger partial charge in [-0.05, 0) is 39.7 Å². The summed E-state index contributed by atoms with van der Waals surface area (Å²) in [5, 5.41) is 0.614. The fourth-order valence-electron chi connectivity index (χ4n) is 2.01. The number of halogens is 3. The zero-order valence-corrected chi connectivity index (χ0v) is 14.3. The van der Waals surface area contributed by atoms with Crippen molar-refractivity contribution in [2.24, 2.45) is 0 Å². The van der Waals surface area contributed by atoms with Crippen LogP contribution in [0.15, 0.2) is 33.4 Å². The number of hydrogen-bond acceptors (Lipinski definition) is 3. The van der Waals surface area contributed by atoms with Crippen molar-refractivity contribution in [3.63, 3.8) is 0 Å². The molecule has 0 fully saturated rings. The quantitative estimate of drug-likeness (QED) is 0.612. The molecule has 3 nitrogen and oxygen atoms in total. The van der Waals surface area contributed by atoms with E-state index in [-0.39, 0.29) is 4.83 Å². The number of alkyl halides is 1. The molecule has 0 bridgehead atoms. The Hall–Kier alpha value is -0.650. The Bertz CT molecular complexity index is 627. The Labute approximate surface area is 138 Å². The van der Waals surface area contributed by atoms with Crippen LogP contribution >= 0.6 is 43.5 Å². The minimum Gasteiger partial charge on any atom is -0.490 e. The van der Waals surface area contributed by atoms with E-state index in [0.717, 1.165) is 23.5 Å². The minimum atomic E-state index is -0.140. The van der Waals surface area contributed by atoms with E-state index in [1.54, 1.807) is 6.07 Å². The highest BCUT2D eigenvalue weighted by atomic mass is 79.9. The van der Waals surface area contributed by atoms with E-state index in [1.807, 2.05) is 18.2 Å². The molecule has 106 valence electrons. The lowest BCUT2D eigenvalue weighted by Crippen LogP contribution is -1.97. The number of ether oxygens (including phenoxy) is 2. The lowest BCUT2D eigenvalue weighted by molar-refractivity contribution is 0.297. The topological polar surface area (TPSA) is 31.6 Å². The Kier molecular flexibility index (Phi) is 4.29. The summed E-state index contributed by atoms with van der Waals surface area (Å²) in [6, 6.07) is 7.44. The lowest BCUT2D eigenvalue weighted by Gasteiger charge is -2.14. The molecule has 0 aliphatic carbocycles. The number of fused-ring (bicyclic) bond motifs is 1. The fraction of sp³-hybridized carbons (Fsp3) is 0.286. The molecule has 1 aliphatic heterocycles. The summed E-state index contributed by atoms with van der Waals surface area (Å²) < 4.78 is 17.6. The molecule has 2 aromatic rings. The number of hydrogen-bond donors (Lipinski definition) is 0. The van der Waals surface area contributed by atoms with Gasteiger partial charge in [-0.15, -0.1) is 0 Å². The van der Waals surface area contributed by atoms with Crippen LogP contribution in [0.3, 0.4) is 0 Å². The highest BCUT2D eigenvalue weighted by molar-refractivity contribution is 9.10. The molecule has 0 saturated heterocycles. The van der Waals surface area contributed by atoms with Crippen molar-refractivity contribution in [2.45, 2.75) is 11.2 Å². The van der Waals surface area contributed by atoms with Gasteiger partial charge in [-0.3, -0.25) is 0 Å². The third kappa shape index (κ3) is 2.85. The van der Waals surface area contributed by atoms with Gasteiger partial charge >= 0.3 is 0 Å². The molecule has 1 atom stereocenters. The van der Waals surface area contributed by atoms with Crippen LogP contribution in [-0.2, 0) is 0 Å².